The summed E-state index contributed by atoms with van der Waals surface area (Å²) in [5, 5.41) is 0. The fraction of sp³-hybridized carbons (Fsp3) is 0.235. The first-order valence-corrected chi connectivity index (χ1v) is 7.04. The zero-order valence-corrected chi connectivity index (χ0v) is 12.5. The number of halogens is 2. The monoisotopic (exact) mass is 322 g/mol. The fourth-order valence-electron chi connectivity index (χ4n) is 1.92. The Labute approximate surface area is 132 Å². The maximum absolute atomic E-state index is 12.1. The van der Waals surface area contributed by atoms with Crippen molar-refractivity contribution in [1.82, 2.24) is 0 Å². The predicted octanol–water partition coefficient (Wildman–Crippen LogP) is 3.83. The Balaban J connectivity index is 1.97. The number of carbonyl (C=O) groups is 1. The van der Waals surface area contributed by atoms with Crippen LogP contribution < -0.4 is 14.2 Å². The van der Waals surface area contributed by atoms with E-state index >= 15 is 0 Å². The molecular weight excluding hydrogens is 306 g/mol. The fourth-order valence-corrected chi connectivity index (χ4v) is 1.92. The topological polar surface area (TPSA) is 44.8 Å². The van der Waals surface area contributed by atoms with Gasteiger partial charge in [0.25, 0.3) is 0 Å². The summed E-state index contributed by atoms with van der Waals surface area (Å²) in [6.07, 6.45) is 0.00934. The number of ether oxygens (including phenoxy) is 3. The van der Waals surface area contributed by atoms with Gasteiger partial charge in [0.15, 0.2) is 11.5 Å². The van der Waals surface area contributed by atoms with Crippen LogP contribution in [0.5, 0.6) is 17.2 Å². The second-order valence-electron chi connectivity index (χ2n) is 4.55. The molecule has 0 bridgehead atoms. The molecule has 0 saturated heterocycles. The molecule has 0 N–H and O–H groups in total. The third-order valence-corrected chi connectivity index (χ3v) is 2.87. The number of hydrogen-bond donors (Lipinski definition) is 0. The average Bonchev–Trinajstić information content (AvgIpc) is 2.51. The first-order chi connectivity index (χ1) is 11.1. The van der Waals surface area contributed by atoms with Gasteiger partial charge in [-0.1, -0.05) is 24.3 Å². The highest BCUT2D eigenvalue weighted by Crippen LogP contribution is 2.26. The van der Waals surface area contributed by atoms with Gasteiger partial charge in [0.2, 0.25) is 0 Å². The van der Waals surface area contributed by atoms with Gasteiger partial charge in [-0.3, -0.25) is 4.79 Å². The third kappa shape index (κ3) is 5.25. The standard InChI is InChI=1S/C17H16F2O4/c1-2-21-14-5-3-4-6-15(14)23-16(20)11-12-7-9-13(10-8-12)22-17(18)19/h3-10,17H,2,11H2,1H3. The summed E-state index contributed by atoms with van der Waals surface area (Å²) in [6, 6.07) is 12.7. The van der Waals surface area contributed by atoms with Crippen LogP contribution in [-0.4, -0.2) is 19.2 Å². The zero-order chi connectivity index (χ0) is 16.7. The second-order valence-corrected chi connectivity index (χ2v) is 4.55. The summed E-state index contributed by atoms with van der Waals surface area (Å²) in [5.74, 6) is 0.402. The van der Waals surface area contributed by atoms with E-state index in [-0.39, 0.29) is 12.2 Å². The lowest BCUT2D eigenvalue weighted by Gasteiger charge is -2.10. The van der Waals surface area contributed by atoms with Crippen LogP contribution in [0.15, 0.2) is 48.5 Å². The van der Waals surface area contributed by atoms with Crippen molar-refractivity contribution in [1.29, 1.82) is 0 Å². The van der Waals surface area contributed by atoms with Crippen molar-refractivity contribution in [2.45, 2.75) is 20.0 Å². The molecule has 0 amide bonds. The number of hydrogen-bond acceptors (Lipinski definition) is 4. The maximum atomic E-state index is 12.1. The van der Waals surface area contributed by atoms with Crippen LogP contribution >= 0.6 is 0 Å². The lowest BCUT2D eigenvalue weighted by atomic mass is 10.1. The molecule has 23 heavy (non-hydrogen) atoms. The molecule has 0 unspecified atom stereocenters. The summed E-state index contributed by atoms with van der Waals surface area (Å²) in [6.45, 7) is -0.581. The largest absolute Gasteiger partial charge is 0.490 e. The first kappa shape index (κ1) is 16.7. The van der Waals surface area contributed by atoms with Gasteiger partial charge < -0.3 is 14.2 Å². The lowest BCUT2D eigenvalue weighted by molar-refractivity contribution is -0.133. The summed E-state index contributed by atoms with van der Waals surface area (Å²) in [7, 11) is 0. The van der Waals surface area contributed by atoms with Crippen molar-refractivity contribution in [3.63, 3.8) is 0 Å². The highest BCUT2D eigenvalue weighted by Gasteiger charge is 2.11. The summed E-state index contributed by atoms with van der Waals surface area (Å²) in [5.41, 5.74) is 0.630. The molecule has 2 aromatic rings. The van der Waals surface area contributed by atoms with E-state index in [4.69, 9.17) is 9.47 Å². The Morgan fingerprint density at radius 3 is 2.30 bits per heavy atom. The number of para-hydroxylation sites is 2. The Kier molecular flexibility index (Phi) is 5.91. The van der Waals surface area contributed by atoms with E-state index in [2.05, 4.69) is 4.74 Å². The number of alkyl halides is 2. The highest BCUT2D eigenvalue weighted by atomic mass is 19.3. The molecule has 6 heteroatoms. The van der Waals surface area contributed by atoms with Gasteiger partial charge in [0.1, 0.15) is 5.75 Å². The van der Waals surface area contributed by atoms with Crippen molar-refractivity contribution < 1.29 is 27.8 Å². The molecule has 0 aliphatic rings. The zero-order valence-electron chi connectivity index (χ0n) is 12.5. The molecule has 4 nitrogen and oxygen atoms in total. The number of carbonyl (C=O) groups excluding carboxylic acids is 1. The molecule has 0 aromatic heterocycles. The molecule has 0 aliphatic heterocycles. The molecular formula is C17H16F2O4. The number of rotatable bonds is 7. The Bertz CT molecular complexity index is 641. The second kappa shape index (κ2) is 8.12. The van der Waals surface area contributed by atoms with Gasteiger partial charge in [-0.05, 0) is 36.8 Å². The molecule has 0 radical (unpaired) electrons. The molecule has 122 valence electrons. The normalized spacial score (nSPS) is 10.4. The quantitative estimate of drug-likeness (QED) is 0.574. The third-order valence-electron chi connectivity index (χ3n) is 2.87. The van der Waals surface area contributed by atoms with Crippen LogP contribution in [0, 0.1) is 0 Å². The van der Waals surface area contributed by atoms with E-state index in [1.54, 1.807) is 24.3 Å². The van der Waals surface area contributed by atoms with E-state index in [0.29, 0.717) is 23.7 Å². The predicted molar refractivity (Wildman–Crippen MR) is 80.0 cm³/mol. The van der Waals surface area contributed by atoms with Crippen molar-refractivity contribution in [3.8, 4) is 17.2 Å². The molecule has 0 fully saturated rings. The van der Waals surface area contributed by atoms with Crippen LogP contribution in [0.4, 0.5) is 8.78 Å². The Morgan fingerprint density at radius 2 is 1.70 bits per heavy atom. The number of benzene rings is 2. The minimum atomic E-state index is -2.87. The highest BCUT2D eigenvalue weighted by molar-refractivity contribution is 5.76. The Morgan fingerprint density at radius 1 is 1.04 bits per heavy atom. The van der Waals surface area contributed by atoms with Crippen molar-refractivity contribution in [2.24, 2.45) is 0 Å². The van der Waals surface area contributed by atoms with E-state index in [1.165, 1.54) is 24.3 Å². The summed E-state index contributed by atoms with van der Waals surface area (Å²) < 4.78 is 39.0. The van der Waals surface area contributed by atoms with E-state index < -0.39 is 12.6 Å². The van der Waals surface area contributed by atoms with E-state index in [1.807, 2.05) is 6.92 Å². The molecule has 0 heterocycles. The molecule has 0 saturated carbocycles. The average molecular weight is 322 g/mol. The molecule has 0 aliphatic carbocycles. The molecule has 2 aromatic carbocycles. The Hall–Kier alpha value is -2.63. The van der Waals surface area contributed by atoms with Crippen molar-refractivity contribution >= 4 is 5.97 Å². The molecule has 0 atom stereocenters. The first-order valence-electron chi connectivity index (χ1n) is 7.04. The van der Waals surface area contributed by atoms with Crippen LogP contribution in [0.1, 0.15) is 12.5 Å². The van der Waals surface area contributed by atoms with Crippen molar-refractivity contribution in [3.05, 3.63) is 54.1 Å². The summed E-state index contributed by atoms with van der Waals surface area (Å²) >= 11 is 0. The smallest absolute Gasteiger partial charge is 0.387 e. The summed E-state index contributed by atoms with van der Waals surface area (Å²) in [4.78, 5) is 12.0. The molecule has 2 rings (SSSR count). The van der Waals surface area contributed by atoms with E-state index in [9.17, 15) is 13.6 Å². The SMILES string of the molecule is CCOc1ccccc1OC(=O)Cc1ccc(OC(F)F)cc1. The molecule has 0 spiro atoms. The minimum absolute atomic E-state index is 0.00934. The van der Waals surface area contributed by atoms with Crippen LogP contribution in [-0.2, 0) is 11.2 Å². The maximum Gasteiger partial charge on any atom is 0.387 e. The van der Waals surface area contributed by atoms with Crippen molar-refractivity contribution in [2.75, 3.05) is 6.61 Å². The van der Waals surface area contributed by atoms with Crippen LogP contribution in [0.3, 0.4) is 0 Å². The van der Waals surface area contributed by atoms with Crippen LogP contribution in [0.25, 0.3) is 0 Å². The number of esters is 1. The van der Waals surface area contributed by atoms with Gasteiger partial charge in [-0.25, -0.2) is 0 Å². The van der Waals surface area contributed by atoms with Gasteiger partial charge in [0, 0.05) is 0 Å². The minimum Gasteiger partial charge on any atom is -0.490 e. The van der Waals surface area contributed by atoms with Crippen LogP contribution in [0.2, 0.25) is 0 Å². The van der Waals surface area contributed by atoms with Gasteiger partial charge >= 0.3 is 12.6 Å². The van der Waals surface area contributed by atoms with E-state index in [0.717, 1.165) is 0 Å². The van der Waals surface area contributed by atoms with Gasteiger partial charge in [0.05, 0.1) is 13.0 Å². The lowest BCUT2D eigenvalue weighted by Crippen LogP contribution is -2.12. The van der Waals surface area contributed by atoms with Gasteiger partial charge in [-0.2, -0.15) is 8.78 Å². The van der Waals surface area contributed by atoms with Gasteiger partial charge in [-0.15, -0.1) is 0 Å².